The van der Waals surface area contributed by atoms with Gasteiger partial charge in [0.1, 0.15) is 0 Å². The number of fused-ring (bicyclic) bond motifs is 2. The van der Waals surface area contributed by atoms with Crippen LogP contribution < -0.4 is 0 Å². The molecule has 3 aliphatic rings. The Balaban J connectivity index is 1.42. The second kappa shape index (κ2) is 8.52. The van der Waals surface area contributed by atoms with E-state index in [9.17, 15) is 9.90 Å². The summed E-state index contributed by atoms with van der Waals surface area (Å²) in [6.45, 7) is 3.85. The first-order chi connectivity index (χ1) is 13.7. The predicted molar refractivity (Wildman–Crippen MR) is 109 cm³/mol. The summed E-state index contributed by atoms with van der Waals surface area (Å²) in [5.74, 6) is 0.496. The van der Waals surface area contributed by atoms with E-state index in [1.54, 1.807) is 7.11 Å². The van der Waals surface area contributed by atoms with Gasteiger partial charge in [0.2, 0.25) is 5.91 Å². The van der Waals surface area contributed by atoms with E-state index in [1.165, 1.54) is 5.56 Å². The van der Waals surface area contributed by atoms with E-state index in [-0.39, 0.29) is 24.0 Å². The van der Waals surface area contributed by atoms with E-state index in [1.807, 2.05) is 6.07 Å². The summed E-state index contributed by atoms with van der Waals surface area (Å²) in [6, 6.07) is 11.0. The number of aliphatic hydroxyl groups excluding tert-OH is 1. The zero-order valence-corrected chi connectivity index (χ0v) is 17.1. The third-order valence-electron chi connectivity index (χ3n) is 7.37. The first kappa shape index (κ1) is 19.9. The molecule has 1 amide bonds. The number of nitrogens with zero attached hydrogens (tertiary/aromatic N) is 2. The van der Waals surface area contributed by atoms with E-state index < -0.39 is 0 Å². The van der Waals surface area contributed by atoms with Crippen molar-refractivity contribution in [3.05, 3.63) is 35.9 Å². The van der Waals surface area contributed by atoms with Crippen LogP contribution in [0, 0.1) is 11.3 Å². The zero-order valence-electron chi connectivity index (χ0n) is 17.1. The van der Waals surface area contributed by atoms with Gasteiger partial charge in [-0.05, 0) is 57.2 Å². The molecule has 2 bridgehead atoms. The highest BCUT2D eigenvalue weighted by molar-refractivity contribution is 5.80. The van der Waals surface area contributed by atoms with Crippen LogP contribution >= 0.6 is 0 Å². The van der Waals surface area contributed by atoms with Crippen molar-refractivity contribution >= 4 is 5.91 Å². The van der Waals surface area contributed by atoms with Crippen molar-refractivity contribution in [3.63, 3.8) is 0 Å². The molecule has 3 atom stereocenters. The van der Waals surface area contributed by atoms with Crippen LogP contribution in [0.5, 0.6) is 0 Å². The van der Waals surface area contributed by atoms with Gasteiger partial charge >= 0.3 is 0 Å². The maximum Gasteiger partial charge on any atom is 0.226 e. The van der Waals surface area contributed by atoms with Crippen molar-refractivity contribution in [3.8, 4) is 0 Å². The van der Waals surface area contributed by atoms with Crippen LogP contribution in [0.2, 0.25) is 0 Å². The maximum atomic E-state index is 13.4. The third-order valence-corrected chi connectivity index (χ3v) is 7.37. The lowest BCUT2D eigenvalue weighted by Gasteiger charge is -2.38. The number of methoxy groups -OCH3 is 1. The summed E-state index contributed by atoms with van der Waals surface area (Å²) >= 11 is 0. The molecule has 4 rings (SSSR count). The SMILES string of the molecule is COCCN1CCC(C(=O)N2[C@H]3CC[C@@H]2[C@@](CO)(Cc2ccccc2)C3)CC1. The van der Waals surface area contributed by atoms with Gasteiger partial charge in [0, 0.05) is 37.1 Å². The third kappa shape index (κ3) is 3.72. The number of piperidine rings is 1. The summed E-state index contributed by atoms with van der Waals surface area (Å²) in [5, 5.41) is 10.4. The van der Waals surface area contributed by atoms with Gasteiger partial charge in [-0.2, -0.15) is 0 Å². The lowest BCUT2D eigenvalue weighted by atomic mass is 9.70. The van der Waals surface area contributed by atoms with E-state index in [0.717, 1.165) is 64.8 Å². The summed E-state index contributed by atoms with van der Waals surface area (Å²) in [7, 11) is 1.74. The Labute approximate surface area is 168 Å². The van der Waals surface area contributed by atoms with Crippen molar-refractivity contribution in [2.45, 2.75) is 50.6 Å². The van der Waals surface area contributed by atoms with E-state index in [4.69, 9.17) is 4.74 Å². The summed E-state index contributed by atoms with van der Waals surface area (Å²) < 4.78 is 5.18. The van der Waals surface area contributed by atoms with Crippen LogP contribution in [-0.2, 0) is 16.0 Å². The Morgan fingerprint density at radius 1 is 1.18 bits per heavy atom. The average molecular weight is 387 g/mol. The fraction of sp³-hybridized carbons (Fsp3) is 0.696. The van der Waals surface area contributed by atoms with Crippen LogP contribution in [-0.4, -0.2) is 72.9 Å². The van der Waals surface area contributed by atoms with Gasteiger partial charge in [0.25, 0.3) is 0 Å². The van der Waals surface area contributed by atoms with E-state index in [2.05, 4.69) is 34.1 Å². The minimum absolute atomic E-state index is 0.146. The Morgan fingerprint density at radius 2 is 1.93 bits per heavy atom. The molecule has 0 saturated carbocycles. The molecule has 5 nitrogen and oxygen atoms in total. The van der Waals surface area contributed by atoms with E-state index in [0.29, 0.717) is 11.9 Å². The topological polar surface area (TPSA) is 53.0 Å². The molecule has 0 unspecified atom stereocenters. The Morgan fingerprint density at radius 3 is 2.61 bits per heavy atom. The highest BCUT2D eigenvalue weighted by Crippen LogP contribution is 2.52. The molecule has 1 aromatic carbocycles. The molecular formula is C23H34N2O3. The van der Waals surface area contributed by atoms with Gasteiger partial charge < -0.3 is 19.6 Å². The molecule has 1 aromatic rings. The number of aliphatic hydroxyl groups is 1. The highest BCUT2D eigenvalue weighted by atomic mass is 16.5. The van der Waals surface area contributed by atoms with Gasteiger partial charge in [-0.25, -0.2) is 0 Å². The minimum atomic E-state index is -0.168. The van der Waals surface area contributed by atoms with Gasteiger partial charge in [0.05, 0.1) is 13.2 Å². The average Bonchev–Trinajstić information content (AvgIpc) is 3.29. The number of carbonyl (C=O) groups excluding carboxylic acids is 1. The fourth-order valence-corrected chi connectivity index (χ4v) is 5.88. The lowest BCUT2D eigenvalue weighted by Crippen LogP contribution is -2.48. The van der Waals surface area contributed by atoms with Crippen molar-refractivity contribution in [1.82, 2.24) is 9.80 Å². The first-order valence-corrected chi connectivity index (χ1v) is 10.8. The number of benzene rings is 1. The van der Waals surface area contributed by atoms with Gasteiger partial charge in [0.15, 0.2) is 0 Å². The molecule has 0 spiro atoms. The molecule has 3 fully saturated rings. The molecule has 3 aliphatic heterocycles. The minimum Gasteiger partial charge on any atom is -0.396 e. The molecule has 154 valence electrons. The van der Waals surface area contributed by atoms with Crippen molar-refractivity contribution < 1.29 is 14.6 Å². The quantitative estimate of drug-likeness (QED) is 0.782. The Hall–Kier alpha value is -1.43. The van der Waals surface area contributed by atoms with Crippen LogP contribution in [0.25, 0.3) is 0 Å². The monoisotopic (exact) mass is 386 g/mol. The number of carbonyl (C=O) groups is 1. The first-order valence-electron chi connectivity index (χ1n) is 10.8. The van der Waals surface area contributed by atoms with Gasteiger partial charge in [-0.3, -0.25) is 4.79 Å². The normalized spacial score (nSPS) is 30.9. The lowest BCUT2D eigenvalue weighted by molar-refractivity contribution is -0.139. The number of rotatable bonds is 7. The van der Waals surface area contributed by atoms with E-state index >= 15 is 0 Å². The second-order valence-electron chi connectivity index (χ2n) is 8.99. The molecule has 0 radical (unpaired) electrons. The molecular weight excluding hydrogens is 352 g/mol. The summed E-state index contributed by atoms with van der Waals surface area (Å²) in [5.41, 5.74) is 1.10. The van der Waals surface area contributed by atoms with Crippen molar-refractivity contribution in [2.75, 3.05) is 40.0 Å². The number of amides is 1. The largest absolute Gasteiger partial charge is 0.396 e. The van der Waals surface area contributed by atoms with Gasteiger partial charge in [-0.1, -0.05) is 30.3 Å². The smallest absolute Gasteiger partial charge is 0.226 e. The molecule has 5 heteroatoms. The second-order valence-corrected chi connectivity index (χ2v) is 8.99. The standard InChI is InChI=1S/C23H34N2O3/c1-28-14-13-24-11-9-19(10-12-24)22(27)25-20-7-8-21(25)23(16-20,17-26)15-18-5-3-2-4-6-18/h2-6,19-21,26H,7-17H2,1H3/t20-,21+,23-/m0/s1. The van der Waals surface area contributed by atoms with Crippen LogP contribution in [0.3, 0.4) is 0 Å². The zero-order chi connectivity index (χ0) is 19.6. The highest BCUT2D eigenvalue weighted by Gasteiger charge is 2.57. The fourth-order valence-electron chi connectivity index (χ4n) is 5.88. The molecule has 3 saturated heterocycles. The molecule has 28 heavy (non-hydrogen) atoms. The number of hydrogen-bond acceptors (Lipinski definition) is 4. The molecule has 3 heterocycles. The van der Waals surface area contributed by atoms with Crippen LogP contribution in [0.4, 0.5) is 0 Å². The molecule has 0 aromatic heterocycles. The van der Waals surface area contributed by atoms with Crippen LogP contribution in [0.1, 0.15) is 37.7 Å². The molecule has 0 aliphatic carbocycles. The number of hydrogen-bond donors (Lipinski definition) is 1. The van der Waals surface area contributed by atoms with Crippen LogP contribution in [0.15, 0.2) is 30.3 Å². The Bertz CT molecular complexity index is 659. The molecule has 1 N–H and O–H groups in total. The predicted octanol–water partition coefficient (Wildman–Crippen LogP) is 2.33. The number of ether oxygens (including phenoxy) is 1. The summed E-state index contributed by atoms with van der Waals surface area (Å²) in [6.07, 6.45) is 5.84. The Kier molecular flexibility index (Phi) is 6.04. The van der Waals surface area contributed by atoms with Crippen molar-refractivity contribution in [1.29, 1.82) is 0 Å². The number of likely N-dealkylation sites (tertiary alicyclic amines) is 1. The maximum absolute atomic E-state index is 13.4. The summed E-state index contributed by atoms with van der Waals surface area (Å²) in [4.78, 5) is 18.0. The van der Waals surface area contributed by atoms with Crippen molar-refractivity contribution in [2.24, 2.45) is 11.3 Å². The van der Waals surface area contributed by atoms with Gasteiger partial charge in [-0.15, -0.1) is 0 Å².